The fourth-order valence-electron chi connectivity index (χ4n) is 3.10. The van der Waals surface area contributed by atoms with Gasteiger partial charge in [0.25, 0.3) is 5.91 Å². The van der Waals surface area contributed by atoms with Crippen LogP contribution in [0.1, 0.15) is 17.5 Å². The van der Waals surface area contributed by atoms with Gasteiger partial charge in [-0.15, -0.1) is 0 Å². The molecular formula is C20H18N2O2. The van der Waals surface area contributed by atoms with Gasteiger partial charge < -0.3 is 14.6 Å². The number of hydrogen-bond acceptors (Lipinski definition) is 3. The zero-order valence-electron chi connectivity index (χ0n) is 13.4. The second-order valence-electron chi connectivity index (χ2n) is 6.04. The van der Waals surface area contributed by atoms with E-state index in [1.807, 2.05) is 24.3 Å². The van der Waals surface area contributed by atoms with Gasteiger partial charge >= 0.3 is 0 Å². The quantitative estimate of drug-likeness (QED) is 0.761. The molecule has 4 rings (SSSR count). The molecule has 0 spiro atoms. The molecule has 0 fully saturated rings. The van der Waals surface area contributed by atoms with Gasteiger partial charge in [-0.2, -0.15) is 0 Å². The van der Waals surface area contributed by atoms with Crippen molar-refractivity contribution >= 4 is 17.3 Å². The highest BCUT2D eigenvalue weighted by atomic mass is 16.3. The second-order valence-corrected chi connectivity index (χ2v) is 6.04. The number of amides is 1. The number of furan rings is 1. The number of hydrogen-bond donors (Lipinski definition) is 1. The molecule has 1 aromatic heterocycles. The van der Waals surface area contributed by atoms with E-state index in [2.05, 4.69) is 36.5 Å². The monoisotopic (exact) mass is 318 g/mol. The summed E-state index contributed by atoms with van der Waals surface area (Å²) in [7, 11) is 0. The number of nitrogens with zero attached hydrogens (tertiary/aromatic N) is 1. The number of rotatable bonds is 2. The fraction of sp³-hybridized carbons (Fsp3) is 0.150. The van der Waals surface area contributed by atoms with Gasteiger partial charge in [0.1, 0.15) is 0 Å². The van der Waals surface area contributed by atoms with Crippen LogP contribution in [0.15, 0.2) is 71.3 Å². The van der Waals surface area contributed by atoms with Crippen LogP contribution < -0.4 is 10.2 Å². The predicted molar refractivity (Wildman–Crippen MR) is 95.3 cm³/mol. The first-order chi connectivity index (χ1) is 11.7. The van der Waals surface area contributed by atoms with E-state index in [4.69, 9.17) is 4.42 Å². The van der Waals surface area contributed by atoms with Crippen molar-refractivity contribution in [2.45, 2.75) is 13.0 Å². The summed E-state index contributed by atoms with van der Waals surface area (Å²) in [6.07, 6.45) is 1.53. The number of anilines is 2. The summed E-state index contributed by atoms with van der Waals surface area (Å²) < 4.78 is 5.30. The molecule has 0 radical (unpaired) electrons. The molecular weight excluding hydrogens is 300 g/mol. The number of fused-ring (bicyclic) bond motifs is 1. The largest absolute Gasteiger partial charge is 0.459 e. The van der Waals surface area contributed by atoms with Gasteiger partial charge in [-0.05, 0) is 42.3 Å². The van der Waals surface area contributed by atoms with Crippen LogP contribution in [0.2, 0.25) is 0 Å². The van der Waals surface area contributed by atoms with E-state index in [1.54, 1.807) is 17.0 Å². The molecule has 4 heteroatoms. The first kappa shape index (κ1) is 14.6. The minimum Gasteiger partial charge on any atom is -0.459 e. The zero-order chi connectivity index (χ0) is 16.5. The molecule has 1 atom stereocenters. The molecule has 4 nitrogen and oxygen atoms in total. The smallest absolute Gasteiger partial charge is 0.294 e. The molecule has 24 heavy (non-hydrogen) atoms. The number of carbonyl (C=O) groups excluding carboxylic acids is 1. The lowest BCUT2D eigenvalue weighted by Crippen LogP contribution is -2.43. The minimum absolute atomic E-state index is 0.111. The first-order valence-corrected chi connectivity index (χ1v) is 8.04. The van der Waals surface area contributed by atoms with Crippen molar-refractivity contribution in [1.82, 2.24) is 0 Å². The molecule has 1 aliphatic heterocycles. The summed E-state index contributed by atoms with van der Waals surface area (Å²) in [5, 5.41) is 3.44. The molecule has 120 valence electrons. The van der Waals surface area contributed by atoms with E-state index >= 15 is 0 Å². The maximum absolute atomic E-state index is 12.8. The third kappa shape index (κ3) is 2.56. The van der Waals surface area contributed by atoms with Crippen molar-refractivity contribution in [2.24, 2.45) is 0 Å². The zero-order valence-corrected chi connectivity index (χ0v) is 13.4. The summed E-state index contributed by atoms with van der Waals surface area (Å²) in [6.45, 7) is 2.67. The molecule has 3 aromatic rings. The second kappa shape index (κ2) is 5.89. The van der Waals surface area contributed by atoms with Crippen molar-refractivity contribution in [3.63, 3.8) is 0 Å². The van der Waals surface area contributed by atoms with Crippen LogP contribution in [0.5, 0.6) is 0 Å². The van der Waals surface area contributed by atoms with E-state index in [0.717, 1.165) is 22.5 Å². The lowest BCUT2D eigenvalue weighted by atomic mass is 10.0. The normalized spacial score (nSPS) is 16.4. The van der Waals surface area contributed by atoms with Crippen molar-refractivity contribution < 1.29 is 9.21 Å². The van der Waals surface area contributed by atoms with E-state index in [0.29, 0.717) is 12.3 Å². The lowest BCUT2D eigenvalue weighted by Gasteiger charge is -2.34. The van der Waals surface area contributed by atoms with Gasteiger partial charge in [0.15, 0.2) is 5.76 Å². The molecule has 0 aliphatic carbocycles. The molecule has 2 aromatic carbocycles. The van der Waals surface area contributed by atoms with Gasteiger partial charge in [-0.25, -0.2) is 0 Å². The molecule has 1 amide bonds. The van der Waals surface area contributed by atoms with Gasteiger partial charge in [0.2, 0.25) is 0 Å². The Hall–Kier alpha value is -3.01. The molecule has 0 saturated heterocycles. The average molecular weight is 318 g/mol. The van der Waals surface area contributed by atoms with E-state index in [-0.39, 0.29) is 11.9 Å². The van der Waals surface area contributed by atoms with Crippen molar-refractivity contribution in [3.05, 3.63) is 72.7 Å². The summed E-state index contributed by atoms with van der Waals surface area (Å²) in [6, 6.07) is 20.0. The molecule has 0 bridgehead atoms. The number of benzene rings is 2. The molecule has 2 heterocycles. The predicted octanol–water partition coefficient (Wildman–Crippen LogP) is 4.41. The molecule has 1 N–H and O–H groups in total. The Balaban J connectivity index is 1.78. The number of carbonyl (C=O) groups is 1. The topological polar surface area (TPSA) is 45.5 Å². The first-order valence-electron chi connectivity index (χ1n) is 8.04. The van der Waals surface area contributed by atoms with Crippen molar-refractivity contribution in [1.29, 1.82) is 0 Å². The van der Waals surface area contributed by atoms with Crippen LogP contribution in [0, 0.1) is 0 Å². The fourth-order valence-corrected chi connectivity index (χ4v) is 3.10. The molecule has 1 aliphatic rings. The SMILES string of the molecule is C[C@H]1CN(C(=O)c2ccco2)c2cc(-c3ccccc3)ccc2N1. The van der Waals surface area contributed by atoms with Gasteiger partial charge in [-0.1, -0.05) is 36.4 Å². The Morgan fingerprint density at radius 3 is 2.67 bits per heavy atom. The van der Waals surface area contributed by atoms with E-state index in [1.165, 1.54) is 6.26 Å². The highest BCUT2D eigenvalue weighted by molar-refractivity contribution is 6.07. The third-order valence-corrected chi connectivity index (χ3v) is 4.23. The maximum atomic E-state index is 12.8. The Morgan fingerprint density at radius 1 is 1.08 bits per heavy atom. The minimum atomic E-state index is -0.111. The third-order valence-electron chi connectivity index (χ3n) is 4.23. The Morgan fingerprint density at radius 2 is 1.92 bits per heavy atom. The number of nitrogens with one attached hydrogen (secondary N) is 1. The van der Waals surface area contributed by atoms with Crippen molar-refractivity contribution in [3.8, 4) is 11.1 Å². The Bertz CT molecular complexity index is 857. The van der Waals surface area contributed by atoms with E-state index < -0.39 is 0 Å². The van der Waals surface area contributed by atoms with Crippen LogP contribution in [0.25, 0.3) is 11.1 Å². The standard InChI is InChI=1S/C20H18N2O2/c1-14-13-22(20(23)19-8-5-11-24-19)18-12-16(9-10-17(18)21-14)15-6-3-2-4-7-15/h2-12,14,21H,13H2,1H3/t14-/m0/s1. The summed E-state index contributed by atoms with van der Waals surface area (Å²) in [5.41, 5.74) is 4.07. The van der Waals surface area contributed by atoms with Crippen LogP contribution in [0.4, 0.5) is 11.4 Å². The molecule has 0 unspecified atom stereocenters. The average Bonchev–Trinajstić information content (AvgIpc) is 3.15. The highest BCUT2D eigenvalue weighted by Crippen LogP contribution is 2.35. The summed E-state index contributed by atoms with van der Waals surface area (Å²) >= 11 is 0. The van der Waals surface area contributed by atoms with Gasteiger partial charge in [-0.3, -0.25) is 4.79 Å². The van der Waals surface area contributed by atoms with E-state index in [9.17, 15) is 4.79 Å². The van der Waals surface area contributed by atoms with Crippen molar-refractivity contribution in [2.75, 3.05) is 16.8 Å². The van der Waals surface area contributed by atoms with Crippen LogP contribution >= 0.6 is 0 Å². The van der Waals surface area contributed by atoms with Crippen LogP contribution in [0.3, 0.4) is 0 Å². The van der Waals surface area contributed by atoms with Crippen LogP contribution in [-0.4, -0.2) is 18.5 Å². The Kier molecular flexibility index (Phi) is 3.58. The Labute approximate surface area is 140 Å². The van der Waals surface area contributed by atoms with Crippen LogP contribution in [-0.2, 0) is 0 Å². The lowest BCUT2D eigenvalue weighted by molar-refractivity contribution is 0.0958. The maximum Gasteiger partial charge on any atom is 0.294 e. The molecule has 0 saturated carbocycles. The van der Waals surface area contributed by atoms with Gasteiger partial charge in [0.05, 0.1) is 17.6 Å². The highest BCUT2D eigenvalue weighted by Gasteiger charge is 2.28. The summed E-state index contributed by atoms with van der Waals surface area (Å²) in [5.74, 6) is 0.250. The summed E-state index contributed by atoms with van der Waals surface area (Å²) in [4.78, 5) is 14.6. The van der Waals surface area contributed by atoms with Gasteiger partial charge in [0, 0.05) is 12.6 Å².